The molecule has 2 rings (SSSR count). The summed E-state index contributed by atoms with van der Waals surface area (Å²) in [6.07, 6.45) is 1.18. The van der Waals surface area contributed by atoms with Crippen molar-refractivity contribution in [1.82, 2.24) is 4.98 Å². The van der Waals surface area contributed by atoms with Gasteiger partial charge in [0.15, 0.2) is 11.6 Å². The number of nitrogens with two attached hydrogens (primary N) is 1. The van der Waals surface area contributed by atoms with Crippen LogP contribution in [0.5, 0.6) is 0 Å². The van der Waals surface area contributed by atoms with Crippen molar-refractivity contribution in [2.24, 2.45) is 5.84 Å². The van der Waals surface area contributed by atoms with E-state index in [-0.39, 0.29) is 22.6 Å². The number of hydrogen-bond donors (Lipinski definition) is 3. The SMILES string of the molecule is N#Cc1ccc(NC(=O)c2ccnc(NN)c2F)c(F)c1. The zero-order valence-electron chi connectivity index (χ0n) is 10.5. The van der Waals surface area contributed by atoms with Gasteiger partial charge < -0.3 is 10.7 Å². The number of halogens is 2. The molecule has 0 fully saturated rings. The van der Waals surface area contributed by atoms with E-state index in [0.29, 0.717) is 0 Å². The van der Waals surface area contributed by atoms with Gasteiger partial charge in [0, 0.05) is 6.20 Å². The first-order valence-corrected chi connectivity index (χ1v) is 5.69. The predicted molar refractivity (Wildman–Crippen MR) is 71.1 cm³/mol. The summed E-state index contributed by atoms with van der Waals surface area (Å²) in [5.41, 5.74) is 1.60. The summed E-state index contributed by atoms with van der Waals surface area (Å²) in [5.74, 6) is 2.14. The summed E-state index contributed by atoms with van der Waals surface area (Å²) in [6, 6.07) is 6.40. The van der Waals surface area contributed by atoms with E-state index < -0.39 is 17.5 Å². The lowest BCUT2D eigenvalue weighted by atomic mass is 10.2. The van der Waals surface area contributed by atoms with Crippen LogP contribution >= 0.6 is 0 Å². The van der Waals surface area contributed by atoms with Crippen LogP contribution in [0.25, 0.3) is 0 Å². The number of benzene rings is 1. The number of aromatic nitrogens is 1. The molecule has 0 radical (unpaired) electrons. The van der Waals surface area contributed by atoms with Crippen molar-refractivity contribution in [1.29, 1.82) is 5.26 Å². The molecule has 4 N–H and O–H groups in total. The normalized spacial score (nSPS) is 9.81. The Kier molecular flexibility index (Phi) is 4.06. The molecule has 2 aromatic rings. The molecule has 1 aromatic carbocycles. The molecule has 0 unspecified atom stereocenters. The summed E-state index contributed by atoms with van der Waals surface area (Å²) >= 11 is 0. The smallest absolute Gasteiger partial charge is 0.258 e. The number of hydrazine groups is 1. The zero-order valence-corrected chi connectivity index (χ0v) is 10.5. The van der Waals surface area contributed by atoms with Crippen LogP contribution in [0.2, 0.25) is 0 Å². The number of hydrogen-bond acceptors (Lipinski definition) is 5. The van der Waals surface area contributed by atoms with Crippen molar-refractivity contribution in [2.75, 3.05) is 10.7 Å². The number of nitriles is 1. The summed E-state index contributed by atoms with van der Waals surface area (Å²) in [5, 5.41) is 10.8. The van der Waals surface area contributed by atoms with Gasteiger partial charge in [-0.1, -0.05) is 0 Å². The number of rotatable bonds is 3. The van der Waals surface area contributed by atoms with Crippen LogP contribution in [-0.2, 0) is 0 Å². The van der Waals surface area contributed by atoms with Gasteiger partial charge in [-0.15, -0.1) is 0 Å². The van der Waals surface area contributed by atoms with Crippen LogP contribution in [-0.4, -0.2) is 10.9 Å². The summed E-state index contributed by atoms with van der Waals surface area (Å²) in [4.78, 5) is 15.5. The lowest BCUT2D eigenvalue weighted by molar-refractivity contribution is 0.102. The Morgan fingerprint density at radius 2 is 2.10 bits per heavy atom. The molecule has 0 spiro atoms. The number of carbonyl (C=O) groups is 1. The van der Waals surface area contributed by atoms with Crippen LogP contribution in [0.3, 0.4) is 0 Å². The second kappa shape index (κ2) is 5.94. The van der Waals surface area contributed by atoms with Crippen molar-refractivity contribution in [3.8, 4) is 6.07 Å². The third-order valence-electron chi connectivity index (χ3n) is 2.62. The lowest BCUT2D eigenvalue weighted by Gasteiger charge is -2.09. The number of nitrogen functional groups attached to an aromatic ring is 1. The van der Waals surface area contributed by atoms with Crippen molar-refractivity contribution in [3.63, 3.8) is 0 Å². The maximum Gasteiger partial charge on any atom is 0.258 e. The fraction of sp³-hybridized carbons (Fsp3) is 0. The standard InChI is InChI=1S/C13H9F2N5O/c14-9-5-7(6-16)1-2-10(9)19-13(21)8-3-4-18-12(20-17)11(8)15/h1-5H,17H2,(H,18,20)(H,19,21). The largest absolute Gasteiger partial charge is 0.319 e. The maximum absolute atomic E-state index is 13.8. The summed E-state index contributed by atoms with van der Waals surface area (Å²) < 4.78 is 27.5. The van der Waals surface area contributed by atoms with Crippen molar-refractivity contribution in [2.45, 2.75) is 0 Å². The number of carbonyl (C=O) groups excluding carboxylic acids is 1. The average molecular weight is 289 g/mol. The molecule has 1 heterocycles. The Bertz CT molecular complexity index is 742. The third-order valence-corrected chi connectivity index (χ3v) is 2.62. The minimum atomic E-state index is -0.952. The molecule has 0 aliphatic carbocycles. The molecular weight excluding hydrogens is 280 g/mol. The van der Waals surface area contributed by atoms with Gasteiger partial charge in [-0.25, -0.2) is 19.6 Å². The van der Waals surface area contributed by atoms with Crippen LogP contribution in [0.15, 0.2) is 30.5 Å². The van der Waals surface area contributed by atoms with Gasteiger partial charge in [0.2, 0.25) is 0 Å². The van der Waals surface area contributed by atoms with E-state index in [9.17, 15) is 13.6 Å². The monoisotopic (exact) mass is 289 g/mol. The third kappa shape index (κ3) is 2.93. The van der Waals surface area contributed by atoms with Crippen LogP contribution < -0.4 is 16.6 Å². The second-order valence-electron chi connectivity index (χ2n) is 3.93. The molecule has 21 heavy (non-hydrogen) atoms. The van der Waals surface area contributed by atoms with E-state index in [1.807, 2.05) is 5.43 Å². The molecule has 0 bridgehead atoms. The Balaban J connectivity index is 2.29. The number of amides is 1. The van der Waals surface area contributed by atoms with E-state index in [2.05, 4.69) is 10.3 Å². The molecule has 8 heteroatoms. The summed E-state index contributed by atoms with van der Waals surface area (Å²) in [7, 11) is 0. The van der Waals surface area contributed by atoms with Crippen LogP contribution in [0.4, 0.5) is 20.3 Å². The molecule has 0 atom stereocenters. The quantitative estimate of drug-likeness (QED) is 0.590. The number of nitrogens with zero attached hydrogens (tertiary/aromatic N) is 2. The fourth-order valence-electron chi connectivity index (χ4n) is 1.60. The van der Waals surface area contributed by atoms with Gasteiger partial charge in [-0.05, 0) is 24.3 Å². The minimum absolute atomic E-state index is 0.107. The van der Waals surface area contributed by atoms with E-state index in [4.69, 9.17) is 11.1 Å². The van der Waals surface area contributed by atoms with E-state index in [0.717, 1.165) is 12.1 Å². The van der Waals surface area contributed by atoms with Gasteiger partial charge in [-0.3, -0.25) is 4.79 Å². The number of anilines is 2. The minimum Gasteiger partial charge on any atom is -0.319 e. The van der Waals surface area contributed by atoms with E-state index in [1.165, 1.54) is 18.3 Å². The average Bonchev–Trinajstić information content (AvgIpc) is 2.49. The number of nitrogens with one attached hydrogen (secondary N) is 2. The fourth-order valence-corrected chi connectivity index (χ4v) is 1.60. The first kappa shape index (κ1) is 14.4. The Morgan fingerprint density at radius 3 is 2.71 bits per heavy atom. The molecular formula is C13H9F2N5O. The number of pyridine rings is 1. The maximum atomic E-state index is 13.8. The highest BCUT2D eigenvalue weighted by Crippen LogP contribution is 2.19. The van der Waals surface area contributed by atoms with Crippen LogP contribution in [0, 0.1) is 23.0 Å². The topological polar surface area (TPSA) is 104 Å². The highest BCUT2D eigenvalue weighted by molar-refractivity contribution is 6.04. The molecule has 1 amide bonds. The molecule has 0 aliphatic heterocycles. The van der Waals surface area contributed by atoms with E-state index >= 15 is 0 Å². The molecule has 6 nitrogen and oxygen atoms in total. The highest BCUT2D eigenvalue weighted by atomic mass is 19.1. The van der Waals surface area contributed by atoms with Crippen molar-refractivity contribution in [3.05, 3.63) is 53.2 Å². The Labute approximate surface area is 118 Å². The Hall–Kier alpha value is -3.05. The lowest BCUT2D eigenvalue weighted by Crippen LogP contribution is -2.18. The molecule has 106 valence electrons. The molecule has 0 saturated carbocycles. The predicted octanol–water partition coefficient (Wildman–Crippen LogP) is 1.77. The van der Waals surface area contributed by atoms with Crippen molar-refractivity contribution < 1.29 is 13.6 Å². The first-order valence-electron chi connectivity index (χ1n) is 5.69. The highest BCUT2D eigenvalue weighted by Gasteiger charge is 2.17. The van der Waals surface area contributed by atoms with Crippen molar-refractivity contribution >= 4 is 17.4 Å². The summed E-state index contributed by atoms with van der Waals surface area (Å²) in [6.45, 7) is 0. The Morgan fingerprint density at radius 1 is 1.33 bits per heavy atom. The van der Waals surface area contributed by atoms with Gasteiger partial charge >= 0.3 is 0 Å². The van der Waals surface area contributed by atoms with Crippen LogP contribution in [0.1, 0.15) is 15.9 Å². The molecule has 0 aliphatic rings. The van der Waals surface area contributed by atoms with Gasteiger partial charge in [0.05, 0.1) is 22.9 Å². The van der Waals surface area contributed by atoms with Gasteiger partial charge in [-0.2, -0.15) is 5.26 Å². The first-order chi connectivity index (χ1) is 10.1. The second-order valence-corrected chi connectivity index (χ2v) is 3.93. The zero-order chi connectivity index (χ0) is 15.4. The van der Waals surface area contributed by atoms with Gasteiger partial charge in [0.1, 0.15) is 5.82 Å². The van der Waals surface area contributed by atoms with E-state index in [1.54, 1.807) is 6.07 Å². The molecule has 1 aromatic heterocycles. The van der Waals surface area contributed by atoms with Gasteiger partial charge in [0.25, 0.3) is 5.91 Å². The molecule has 0 saturated heterocycles.